The molecule has 0 aliphatic heterocycles. The molecule has 5 heteroatoms. The van der Waals surface area contributed by atoms with Gasteiger partial charge in [0.1, 0.15) is 6.10 Å². The lowest BCUT2D eigenvalue weighted by molar-refractivity contribution is -0.128. The van der Waals surface area contributed by atoms with Crippen molar-refractivity contribution >= 4 is 5.91 Å². The van der Waals surface area contributed by atoms with Crippen molar-refractivity contribution in [2.24, 2.45) is 0 Å². The van der Waals surface area contributed by atoms with Crippen LogP contribution in [0.4, 0.5) is 0 Å². The number of rotatable bonds is 3. The third-order valence-electron chi connectivity index (χ3n) is 1.31. The van der Waals surface area contributed by atoms with Crippen LogP contribution in [-0.2, 0) is 11.3 Å². The van der Waals surface area contributed by atoms with E-state index in [-0.39, 0.29) is 6.54 Å². The van der Waals surface area contributed by atoms with E-state index in [2.05, 4.69) is 10.5 Å². The molecule has 0 saturated carbocycles. The maximum absolute atomic E-state index is 10.8. The maximum Gasteiger partial charge on any atom is 0.248 e. The summed E-state index contributed by atoms with van der Waals surface area (Å²) in [5.41, 5.74) is 0. The molecule has 1 rings (SSSR count). The Hall–Kier alpha value is -1.36. The molecule has 0 spiro atoms. The summed E-state index contributed by atoms with van der Waals surface area (Å²) in [7, 11) is 0. The fourth-order valence-electron chi connectivity index (χ4n) is 0.655. The minimum Gasteiger partial charge on any atom is -0.384 e. The minimum atomic E-state index is -0.993. The van der Waals surface area contributed by atoms with Gasteiger partial charge in [-0.2, -0.15) is 0 Å². The Morgan fingerprint density at radius 2 is 2.67 bits per heavy atom. The Labute approximate surface area is 69.4 Å². The monoisotopic (exact) mass is 170 g/mol. The van der Waals surface area contributed by atoms with Gasteiger partial charge in [-0.1, -0.05) is 5.16 Å². The van der Waals surface area contributed by atoms with Gasteiger partial charge in [-0.05, 0) is 6.92 Å². The van der Waals surface area contributed by atoms with E-state index in [0.29, 0.717) is 5.76 Å². The predicted octanol–water partition coefficient (Wildman–Crippen LogP) is -0.328. The Balaban J connectivity index is 2.32. The van der Waals surface area contributed by atoms with E-state index in [1.54, 1.807) is 6.07 Å². The molecule has 12 heavy (non-hydrogen) atoms. The molecule has 1 heterocycles. The zero-order chi connectivity index (χ0) is 8.97. The molecule has 1 aromatic rings. The first-order valence-electron chi connectivity index (χ1n) is 3.55. The lowest BCUT2D eigenvalue weighted by atomic mass is 10.3. The Morgan fingerprint density at radius 3 is 3.17 bits per heavy atom. The summed E-state index contributed by atoms with van der Waals surface area (Å²) in [6, 6.07) is 1.64. The molecule has 0 radical (unpaired) electrons. The van der Waals surface area contributed by atoms with Crippen molar-refractivity contribution in [1.82, 2.24) is 10.5 Å². The average Bonchev–Trinajstić information content (AvgIpc) is 2.51. The summed E-state index contributed by atoms with van der Waals surface area (Å²) in [5, 5.41) is 14.7. The van der Waals surface area contributed by atoms with Crippen LogP contribution in [0.5, 0.6) is 0 Å². The smallest absolute Gasteiger partial charge is 0.248 e. The molecule has 0 saturated heterocycles. The summed E-state index contributed by atoms with van der Waals surface area (Å²) in [5.74, 6) is 0.135. The van der Waals surface area contributed by atoms with Crippen molar-refractivity contribution in [3.8, 4) is 0 Å². The summed E-state index contributed by atoms with van der Waals surface area (Å²) < 4.78 is 4.72. The van der Waals surface area contributed by atoms with E-state index in [1.165, 1.54) is 13.1 Å². The standard InChI is InChI=1S/C7H10N2O3/c1-5(10)7(11)8-4-6-2-3-9-12-6/h2-3,5,10H,4H2,1H3,(H,8,11)/t5-/m0/s1. The zero-order valence-corrected chi connectivity index (χ0v) is 6.65. The Morgan fingerprint density at radius 1 is 1.92 bits per heavy atom. The lowest BCUT2D eigenvalue weighted by Gasteiger charge is -2.03. The van der Waals surface area contributed by atoms with Gasteiger partial charge in [0.25, 0.3) is 0 Å². The number of hydrogen-bond donors (Lipinski definition) is 2. The molecule has 0 fully saturated rings. The number of carbonyl (C=O) groups excluding carboxylic acids is 1. The molecule has 1 amide bonds. The number of nitrogens with one attached hydrogen (secondary N) is 1. The molecule has 0 bridgehead atoms. The molecule has 1 aromatic heterocycles. The molecule has 0 unspecified atom stereocenters. The van der Waals surface area contributed by atoms with Gasteiger partial charge >= 0.3 is 0 Å². The zero-order valence-electron chi connectivity index (χ0n) is 6.65. The van der Waals surface area contributed by atoms with Gasteiger partial charge in [-0.3, -0.25) is 4.79 Å². The average molecular weight is 170 g/mol. The number of aliphatic hydroxyl groups excluding tert-OH is 1. The van der Waals surface area contributed by atoms with Crippen LogP contribution in [0, 0.1) is 0 Å². The van der Waals surface area contributed by atoms with Crippen molar-refractivity contribution in [3.63, 3.8) is 0 Å². The molecule has 66 valence electrons. The van der Waals surface area contributed by atoms with Crippen molar-refractivity contribution in [2.45, 2.75) is 19.6 Å². The van der Waals surface area contributed by atoms with Crippen molar-refractivity contribution in [3.05, 3.63) is 18.0 Å². The second-order valence-electron chi connectivity index (χ2n) is 2.37. The summed E-state index contributed by atoms with van der Waals surface area (Å²) in [4.78, 5) is 10.8. The number of hydrogen-bond acceptors (Lipinski definition) is 4. The van der Waals surface area contributed by atoms with Gasteiger partial charge in [-0.15, -0.1) is 0 Å². The second-order valence-corrected chi connectivity index (χ2v) is 2.37. The van der Waals surface area contributed by atoms with Crippen LogP contribution in [0.15, 0.2) is 16.8 Å². The van der Waals surface area contributed by atoms with Crippen LogP contribution in [0.25, 0.3) is 0 Å². The molecule has 1 atom stereocenters. The quantitative estimate of drug-likeness (QED) is 0.651. The van der Waals surface area contributed by atoms with E-state index < -0.39 is 12.0 Å². The Kier molecular flexibility index (Phi) is 2.82. The number of carbonyl (C=O) groups is 1. The van der Waals surface area contributed by atoms with E-state index in [0.717, 1.165) is 0 Å². The Bertz CT molecular complexity index is 243. The third kappa shape index (κ3) is 2.35. The highest BCUT2D eigenvalue weighted by molar-refractivity contribution is 5.79. The highest BCUT2D eigenvalue weighted by Crippen LogP contribution is 1.94. The summed E-state index contributed by atoms with van der Waals surface area (Å²) >= 11 is 0. The molecule has 5 nitrogen and oxygen atoms in total. The molecule has 2 N–H and O–H groups in total. The van der Waals surface area contributed by atoms with Crippen LogP contribution in [-0.4, -0.2) is 22.3 Å². The lowest BCUT2D eigenvalue weighted by Crippen LogP contribution is -2.31. The molecule has 0 aromatic carbocycles. The first-order chi connectivity index (χ1) is 5.70. The van der Waals surface area contributed by atoms with Crippen molar-refractivity contribution in [1.29, 1.82) is 0 Å². The van der Waals surface area contributed by atoms with Crippen LogP contribution >= 0.6 is 0 Å². The minimum absolute atomic E-state index is 0.254. The van der Waals surface area contributed by atoms with E-state index in [4.69, 9.17) is 9.63 Å². The van der Waals surface area contributed by atoms with Crippen molar-refractivity contribution < 1.29 is 14.4 Å². The second kappa shape index (κ2) is 3.87. The third-order valence-corrected chi connectivity index (χ3v) is 1.31. The van der Waals surface area contributed by atoms with Crippen LogP contribution in [0.2, 0.25) is 0 Å². The summed E-state index contributed by atoms with van der Waals surface area (Å²) in [6.07, 6.45) is 0.497. The highest BCUT2D eigenvalue weighted by atomic mass is 16.5. The van der Waals surface area contributed by atoms with E-state index in [9.17, 15) is 4.79 Å². The topological polar surface area (TPSA) is 75.4 Å². The largest absolute Gasteiger partial charge is 0.384 e. The molecule has 0 aliphatic carbocycles. The van der Waals surface area contributed by atoms with Crippen LogP contribution in [0.3, 0.4) is 0 Å². The highest BCUT2D eigenvalue weighted by Gasteiger charge is 2.08. The van der Waals surface area contributed by atoms with E-state index in [1.807, 2.05) is 0 Å². The van der Waals surface area contributed by atoms with Gasteiger partial charge in [0.2, 0.25) is 5.91 Å². The summed E-state index contributed by atoms with van der Waals surface area (Å²) in [6.45, 7) is 1.65. The number of amides is 1. The predicted molar refractivity (Wildman–Crippen MR) is 40.0 cm³/mol. The van der Waals surface area contributed by atoms with Gasteiger partial charge in [0.15, 0.2) is 5.76 Å². The number of aromatic nitrogens is 1. The fraction of sp³-hybridized carbons (Fsp3) is 0.429. The van der Waals surface area contributed by atoms with Gasteiger partial charge in [-0.25, -0.2) is 0 Å². The molecular formula is C7H10N2O3. The SMILES string of the molecule is C[C@H](O)C(=O)NCc1ccno1. The van der Waals surface area contributed by atoms with E-state index >= 15 is 0 Å². The normalized spacial score (nSPS) is 12.5. The fourth-order valence-corrected chi connectivity index (χ4v) is 0.655. The number of aliphatic hydroxyl groups is 1. The first kappa shape index (κ1) is 8.73. The van der Waals surface area contributed by atoms with Gasteiger partial charge < -0.3 is 14.9 Å². The number of nitrogens with zero attached hydrogens (tertiary/aromatic N) is 1. The van der Waals surface area contributed by atoms with Crippen LogP contribution in [0.1, 0.15) is 12.7 Å². The van der Waals surface area contributed by atoms with Crippen LogP contribution < -0.4 is 5.32 Å². The van der Waals surface area contributed by atoms with Gasteiger partial charge in [0, 0.05) is 6.07 Å². The van der Waals surface area contributed by atoms with Crippen molar-refractivity contribution in [2.75, 3.05) is 0 Å². The maximum atomic E-state index is 10.8. The molecule has 0 aliphatic rings. The first-order valence-corrected chi connectivity index (χ1v) is 3.55. The van der Waals surface area contributed by atoms with Gasteiger partial charge in [0.05, 0.1) is 12.7 Å². The molecular weight excluding hydrogens is 160 g/mol.